The number of benzene rings is 2. The largest absolute Gasteiger partial charge is 0.345 e. The molecule has 1 atom stereocenters. The second kappa shape index (κ2) is 22.8. The molecule has 1 N–H and O–H groups in total. The van der Waals surface area contributed by atoms with Crippen LogP contribution in [0.1, 0.15) is 58.4 Å². The van der Waals surface area contributed by atoms with Gasteiger partial charge in [0.05, 0.1) is 11.1 Å². The fourth-order valence-electron chi connectivity index (χ4n) is 5.75. The van der Waals surface area contributed by atoms with E-state index in [0.29, 0.717) is 5.70 Å². The molecule has 0 unspecified atom stereocenters. The van der Waals surface area contributed by atoms with Crippen LogP contribution in [0.3, 0.4) is 0 Å². The monoisotopic (exact) mass is 699 g/mol. The summed E-state index contributed by atoms with van der Waals surface area (Å²) >= 11 is 0. The first kappa shape index (κ1) is 41.5. The number of nitrogens with one attached hydrogen (secondary N) is 1. The molecule has 0 amide bonds. The van der Waals surface area contributed by atoms with Gasteiger partial charge in [-0.05, 0) is 90.7 Å². The second-order valence-electron chi connectivity index (χ2n) is 12.5. The Morgan fingerprint density at radius 1 is 0.755 bits per heavy atom. The number of unbranched alkanes of at least 4 members (excludes halogenated alkanes) is 1. The SMILES string of the molecule is C=C\C=C/C(C(=C\CC)/C/C=C\CC/C=C\C=C/C(=C)N(C(=C)C=C)[C@H]1N=c2ccccc2=C(c2ccccc2)N1)=C(\C)C(=C)C(=C)/C=C\C=C/CC. The van der Waals surface area contributed by atoms with Crippen molar-refractivity contribution in [2.45, 2.75) is 59.2 Å². The van der Waals surface area contributed by atoms with Crippen molar-refractivity contribution >= 4 is 5.70 Å². The Hall–Kier alpha value is -5.93. The summed E-state index contributed by atoms with van der Waals surface area (Å²) in [6.07, 6.45) is 35.1. The van der Waals surface area contributed by atoms with E-state index < -0.39 is 6.29 Å². The minimum Gasteiger partial charge on any atom is -0.345 e. The number of para-hydroxylation sites is 1. The number of hydrogen-bond donors (Lipinski definition) is 1. The zero-order valence-corrected chi connectivity index (χ0v) is 32.1. The van der Waals surface area contributed by atoms with Gasteiger partial charge in [0.25, 0.3) is 0 Å². The maximum absolute atomic E-state index is 5.03. The van der Waals surface area contributed by atoms with Crippen LogP contribution >= 0.6 is 0 Å². The lowest BCUT2D eigenvalue weighted by molar-refractivity contribution is 0.307. The smallest absolute Gasteiger partial charge is 0.201 e. The molecule has 2 aromatic rings. The van der Waals surface area contributed by atoms with Crippen molar-refractivity contribution in [2.75, 3.05) is 0 Å². The highest BCUT2D eigenvalue weighted by molar-refractivity contribution is 5.64. The van der Waals surface area contributed by atoms with Gasteiger partial charge >= 0.3 is 0 Å². The summed E-state index contributed by atoms with van der Waals surface area (Å²) in [6, 6.07) is 18.5. The van der Waals surface area contributed by atoms with Crippen molar-refractivity contribution < 1.29 is 0 Å². The molecule has 272 valence electrons. The molecule has 1 aliphatic rings. The van der Waals surface area contributed by atoms with Crippen molar-refractivity contribution in [2.24, 2.45) is 4.99 Å². The van der Waals surface area contributed by atoms with E-state index in [1.807, 2.05) is 83.8 Å². The summed E-state index contributed by atoms with van der Waals surface area (Å²) in [5, 5.41) is 5.60. The van der Waals surface area contributed by atoms with E-state index in [-0.39, 0.29) is 0 Å². The summed E-state index contributed by atoms with van der Waals surface area (Å²) < 4.78 is 0. The summed E-state index contributed by atoms with van der Waals surface area (Å²) in [7, 11) is 0. The number of allylic oxidation sites excluding steroid dienone is 20. The molecule has 0 aliphatic carbocycles. The highest BCUT2D eigenvalue weighted by Crippen LogP contribution is 2.28. The molecule has 3 nitrogen and oxygen atoms in total. The molecule has 2 aromatic carbocycles. The molecule has 0 saturated carbocycles. The Morgan fingerprint density at radius 2 is 1.45 bits per heavy atom. The Kier molecular flexibility index (Phi) is 17.8. The third-order valence-corrected chi connectivity index (χ3v) is 8.63. The van der Waals surface area contributed by atoms with Gasteiger partial charge in [-0.15, -0.1) is 0 Å². The van der Waals surface area contributed by atoms with E-state index in [4.69, 9.17) is 4.99 Å². The van der Waals surface area contributed by atoms with Gasteiger partial charge in [0, 0.05) is 16.6 Å². The van der Waals surface area contributed by atoms with Crippen LogP contribution in [0, 0.1) is 0 Å². The molecule has 0 spiro atoms. The Morgan fingerprint density at radius 3 is 2.17 bits per heavy atom. The van der Waals surface area contributed by atoms with Gasteiger partial charge in [0.15, 0.2) is 0 Å². The fourth-order valence-corrected chi connectivity index (χ4v) is 5.75. The van der Waals surface area contributed by atoms with Crippen LogP contribution in [0.15, 0.2) is 229 Å². The van der Waals surface area contributed by atoms with E-state index in [1.165, 1.54) is 5.57 Å². The van der Waals surface area contributed by atoms with Gasteiger partial charge in [0.2, 0.25) is 6.29 Å². The molecule has 0 fully saturated rings. The van der Waals surface area contributed by atoms with E-state index in [1.54, 1.807) is 6.08 Å². The summed E-state index contributed by atoms with van der Waals surface area (Å²) in [4.78, 5) is 7.00. The maximum atomic E-state index is 5.03. The van der Waals surface area contributed by atoms with Crippen LogP contribution in [-0.4, -0.2) is 11.2 Å². The number of fused-ring (bicyclic) bond motifs is 1. The second-order valence-corrected chi connectivity index (χ2v) is 12.5. The van der Waals surface area contributed by atoms with Crippen LogP contribution < -0.4 is 15.9 Å². The van der Waals surface area contributed by atoms with Gasteiger partial charge < -0.3 is 10.2 Å². The van der Waals surface area contributed by atoms with Crippen LogP contribution in [0.2, 0.25) is 0 Å². The quantitative estimate of drug-likeness (QED) is 0.0798. The number of nitrogens with zero attached hydrogens (tertiary/aromatic N) is 2. The average molecular weight is 700 g/mol. The van der Waals surface area contributed by atoms with Gasteiger partial charge in [-0.2, -0.15) is 0 Å². The third kappa shape index (κ3) is 12.7. The van der Waals surface area contributed by atoms with E-state index >= 15 is 0 Å². The lowest BCUT2D eigenvalue weighted by Crippen LogP contribution is -2.50. The van der Waals surface area contributed by atoms with E-state index in [2.05, 4.69) is 126 Å². The molecule has 1 heterocycles. The Balaban J connectivity index is 1.66. The standard InChI is InChI=1S/C50H57N3/c1-10-14-16-23-31-39(5)42(8)43(9)46(36-15-11-2)44(30-12-3)33-25-21-19-17-18-20-24-32-41(7)53(40(6)13-4)50-51-48-38-29-28-37-47(48)49(52-50)45-34-26-22-27-35-45/h11,13-16,18,20-32,34-38,50,52H,2,4-8,10,12,17,19,33H2,1,3,9H3/b16-14-,20-18-,25-21-,31-23-,32-24-,36-15-,44-30-,46-43-/t50-/m0/s1. The molecule has 0 aromatic heterocycles. The van der Waals surface area contributed by atoms with Gasteiger partial charge in [0.1, 0.15) is 0 Å². The molecular weight excluding hydrogens is 643 g/mol. The van der Waals surface area contributed by atoms with Crippen LogP contribution in [0.4, 0.5) is 0 Å². The molecule has 3 rings (SSSR count). The highest BCUT2D eigenvalue weighted by atomic mass is 15.4. The zero-order valence-electron chi connectivity index (χ0n) is 32.1. The summed E-state index contributed by atoms with van der Waals surface area (Å²) in [5.41, 5.74) is 8.95. The molecule has 0 radical (unpaired) electrons. The highest BCUT2D eigenvalue weighted by Gasteiger charge is 2.23. The van der Waals surface area contributed by atoms with E-state index in [0.717, 1.165) is 81.9 Å². The normalized spacial score (nSPS) is 15.2. The predicted molar refractivity (Wildman–Crippen MR) is 232 cm³/mol. The predicted octanol–water partition coefficient (Wildman–Crippen LogP) is 11.7. The first-order valence-corrected chi connectivity index (χ1v) is 18.4. The first-order chi connectivity index (χ1) is 25.8. The lowest BCUT2D eigenvalue weighted by atomic mass is 9.90. The number of hydrogen-bond acceptors (Lipinski definition) is 3. The fraction of sp³-hybridized carbons (Fsp3) is 0.180. The molecule has 0 saturated heterocycles. The lowest BCUT2D eigenvalue weighted by Gasteiger charge is -2.35. The number of rotatable bonds is 21. The molecule has 0 bridgehead atoms. The van der Waals surface area contributed by atoms with Gasteiger partial charge in [-0.25, -0.2) is 4.99 Å². The zero-order chi connectivity index (χ0) is 38.4. The molecule has 3 heteroatoms. The minimum atomic E-state index is -0.434. The average Bonchev–Trinajstić information content (AvgIpc) is 3.18. The van der Waals surface area contributed by atoms with Crippen molar-refractivity contribution in [3.63, 3.8) is 0 Å². The van der Waals surface area contributed by atoms with Crippen molar-refractivity contribution in [1.29, 1.82) is 0 Å². The van der Waals surface area contributed by atoms with Crippen LogP contribution in [-0.2, 0) is 0 Å². The van der Waals surface area contributed by atoms with Crippen molar-refractivity contribution in [3.05, 3.63) is 241 Å². The van der Waals surface area contributed by atoms with E-state index in [9.17, 15) is 0 Å². The van der Waals surface area contributed by atoms with Crippen molar-refractivity contribution in [1.82, 2.24) is 10.2 Å². The Bertz CT molecular complexity index is 2000. The Labute approximate surface area is 319 Å². The van der Waals surface area contributed by atoms with Gasteiger partial charge in [-0.1, -0.05) is 181 Å². The topological polar surface area (TPSA) is 27.6 Å². The van der Waals surface area contributed by atoms with Crippen LogP contribution in [0.25, 0.3) is 5.70 Å². The molecule has 53 heavy (non-hydrogen) atoms. The first-order valence-electron chi connectivity index (χ1n) is 18.4. The van der Waals surface area contributed by atoms with Crippen LogP contribution in [0.5, 0.6) is 0 Å². The van der Waals surface area contributed by atoms with Gasteiger partial charge in [-0.3, -0.25) is 0 Å². The summed E-state index contributed by atoms with van der Waals surface area (Å²) in [6.45, 7) is 31.5. The molecular formula is C50H57N3. The van der Waals surface area contributed by atoms with Crippen molar-refractivity contribution in [3.8, 4) is 0 Å². The maximum Gasteiger partial charge on any atom is 0.201 e. The summed E-state index contributed by atoms with van der Waals surface area (Å²) in [5.74, 6) is 0. The third-order valence-electron chi connectivity index (χ3n) is 8.63. The molecule has 1 aliphatic heterocycles. The minimum absolute atomic E-state index is 0.434.